The maximum atomic E-state index is 13.7. The SMILES string of the molecule is CCc1ccc(N2C(=O)[C@@H]3[C@@H](ON(c4ccccc4)[C@H]3c3ccc(OC)c(Br)c3)C2=O)cc1. The van der Waals surface area contributed by atoms with Gasteiger partial charge in [-0.05, 0) is 69.9 Å². The minimum atomic E-state index is -0.894. The highest BCUT2D eigenvalue weighted by molar-refractivity contribution is 9.10. The molecule has 2 fully saturated rings. The predicted octanol–water partition coefficient (Wildman–Crippen LogP) is 5.07. The summed E-state index contributed by atoms with van der Waals surface area (Å²) in [5.41, 5.74) is 3.35. The second kappa shape index (κ2) is 8.65. The van der Waals surface area contributed by atoms with Crippen molar-refractivity contribution in [1.29, 1.82) is 0 Å². The molecule has 0 saturated carbocycles. The largest absolute Gasteiger partial charge is 0.496 e. The van der Waals surface area contributed by atoms with Crippen LogP contribution in [0.25, 0.3) is 0 Å². The number of amides is 2. The third kappa shape index (κ3) is 3.61. The molecule has 0 bridgehead atoms. The predicted molar refractivity (Wildman–Crippen MR) is 129 cm³/mol. The Hall–Kier alpha value is -3.16. The van der Waals surface area contributed by atoms with E-state index < -0.39 is 18.1 Å². The molecule has 0 radical (unpaired) electrons. The van der Waals surface area contributed by atoms with Crippen molar-refractivity contribution in [3.63, 3.8) is 0 Å². The number of aryl methyl sites for hydroxylation is 1. The van der Waals surface area contributed by atoms with Crippen LogP contribution in [0.5, 0.6) is 5.75 Å². The number of para-hydroxylation sites is 1. The summed E-state index contributed by atoms with van der Waals surface area (Å²) in [4.78, 5) is 34.5. The third-order valence-electron chi connectivity index (χ3n) is 6.25. The van der Waals surface area contributed by atoms with Gasteiger partial charge in [0.2, 0.25) is 5.91 Å². The van der Waals surface area contributed by atoms with Gasteiger partial charge in [0, 0.05) is 0 Å². The minimum Gasteiger partial charge on any atom is -0.496 e. The Labute approximate surface area is 200 Å². The van der Waals surface area contributed by atoms with E-state index in [1.54, 1.807) is 12.2 Å². The van der Waals surface area contributed by atoms with Crippen LogP contribution in [-0.2, 0) is 20.8 Å². The first-order valence-corrected chi connectivity index (χ1v) is 11.6. The number of methoxy groups -OCH3 is 1. The Kier molecular flexibility index (Phi) is 5.68. The molecule has 0 aliphatic carbocycles. The number of rotatable bonds is 5. The lowest BCUT2D eigenvalue weighted by Gasteiger charge is -2.29. The first-order valence-electron chi connectivity index (χ1n) is 10.8. The quantitative estimate of drug-likeness (QED) is 0.452. The van der Waals surface area contributed by atoms with Crippen LogP contribution < -0.4 is 14.7 Å². The van der Waals surface area contributed by atoms with Crippen molar-refractivity contribution < 1.29 is 19.2 Å². The van der Waals surface area contributed by atoms with Crippen LogP contribution in [0.2, 0.25) is 0 Å². The molecule has 33 heavy (non-hydrogen) atoms. The van der Waals surface area contributed by atoms with Crippen LogP contribution in [0.15, 0.2) is 77.3 Å². The Bertz CT molecular complexity index is 1200. The molecular weight excluding hydrogens is 484 g/mol. The lowest BCUT2D eigenvalue weighted by atomic mass is 9.90. The molecule has 0 spiro atoms. The monoisotopic (exact) mass is 506 g/mol. The fraction of sp³-hybridized carbons (Fsp3) is 0.231. The molecule has 3 aromatic rings. The highest BCUT2D eigenvalue weighted by Crippen LogP contribution is 2.48. The Morgan fingerprint density at radius 3 is 2.30 bits per heavy atom. The molecule has 168 valence electrons. The Morgan fingerprint density at radius 1 is 0.939 bits per heavy atom. The molecule has 2 aliphatic rings. The summed E-state index contributed by atoms with van der Waals surface area (Å²) in [6.07, 6.45) is -0.00814. The van der Waals surface area contributed by atoms with Crippen molar-refractivity contribution >= 4 is 39.1 Å². The van der Waals surface area contributed by atoms with E-state index in [2.05, 4.69) is 22.9 Å². The van der Waals surface area contributed by atoms with Gasteiger partial charge < -0.3 is 4.74 Å². The van der Waals surface area contributed by atoms with E-state index in [1.807, 2.05) is 72.8 Å². The van der Waals surface area contributed by atoms with Crippen molar-refractivity contribution in [2.24, 2.45) is 5.92 Å². The van der Waals surface area contributed by atoms with Crippen molar-refractivity contribution in [2.75, 3.05) is 17.1 Å². The van der Waals surface area contributed by atoms with Gasteiger partial charge >= 0.3 is 0 Å². The third-order valence-corrected chi connectivity index (χ3v) is 6.87. The van der Waals surface area contributed by atoms with Gasteiger partial charge in [0.05, 0.1) is 29.0 Å². The number of anilines is 2. The zero-order valence-electron chi connectivity index (χ0n) is 18.3. The van der Waals surface area contributed by atoms with Gasteiger partial charge in [-0.15, -0.1) is 0 Å². The highest BCUT2D eigenvalue weighted by atomic mass is 79.9. The standard InChI is InChI=1S/C26H23BrN2O4/c1-3-16-9-12-18(13-10-16)28-25(30)22-23(17-11-14-21(32-2)20(27)15-17)29(33-24(22)26(28)31)19-7-5-4-6-8-19/h4-15,22-24H,3H2,1-2H3/t22-,23-,24+/m0/s1. The van der Waals surface area contributed by atoms with Crippen LogP contribution in [0.4, 0.5) is 11.4 Å². The number of nitrogens with zero attached hydrogens (tertiary/aromatic N) is 2. The molecule has 6 nitrogen and oxygen atoms in total. The number of benzene rings is 3. The summed E-state index contributed by atoms with van der Waals surface area (Å²) in [7, 11) is 1.60. The number of hydroxylamine groups is 1. The normalized spacial score (nSPS) is 22.1. The Balaban J connectivity index is 1.57. The van der Waals surface area contributed by atoms with E-state index in [4.69, 9.17) is 9.57 Å². The van der Waals surface area contributed by atoms with Gasteiger partial charge in [0.25, 0.3) is 5.91 Å². The van der Waals surface area contributed by atoms with Gasteiger partial charge in [-0.3, -0.25) is 14.4 Å². The second-order valence-corrected chi connectivity index (χ2v) is 8.94. The average Bonchev–Trinajstić information content (AvgIpc) is 3.35. The summed E-state index contributed by atoms with van der Waals surface area (Å²) in [6, 6.07) is 22.3. The van der Waals surface area contributed by atoms with Crippen molar-refractivity contribution in [2.45, 2.75) is 25.5 Å². The molecule has 3 atom stereocenters. The lowest BCUT2D eigenvalue weighted by Crippen LogP contribution is -2.37. The number of ether oxygens (including phenoxy) is 1. The molecule has 2 aliphatic heterocycles. The van der Waals surface area contributed by atoms with Gasteiger partial charge in [-0.2, -0.15) is 0 Å². The summed E-state index contributed by atoms with van der Waals surface area (Å²) in [6.45, 7) is 2.06. The molecule has 2 amide bonds. The molecular formula is C26H23BrN2O4. The van der Waals surface area contributed by atoms with Gasteiger partial charge in [-0.25, -0.2) is 9.96 Å². The van der Waals surface area contributed by atoms with Crippen molar-refractivity contribution in [1.82, 2.24) is 0 Å². The number of halogens is 1. The van der Waals surface area contributed by atoms with Crippen molar-refractivity contribution in [3.05, 3.63) is 88.4 Å². The van der Waals surface area contributed by atoms with E-state index in [0.717, 1.165) is 27.7 Å². The lowest BCUT2D eigenvalue weighted by molar-refractivity contribution is -0.126. The maximum absolute atomic E-state index is 13.7. The fourth-order valence-electron chi connectivity index (χ4n) is 4.55. The summed E-state index contributed by atoms with van der Waals surface area (Å²) in [5.74, 6) is -0.592. The molecule has 0 N–H and O–H groups in total. The topological polar surface area (TPSA) is 59.1 Å². The van der Waals surface area contributed by atoms with E-state index >= 15 is 0 Å². The van der Waals surface area contributed by atoms with E-state index in [-0.39, 0.29) is 11.8 Å². The summed E-state index contributed by atoms with van der Waals surface area (Å²) >= 11 is 3.55. The molecule has 0 aromatic heterocycles. The van der Waals surface area contributed by atoms with Crippen LogP contribution in [0.3, 0.4) is 0 Å². The van der Waals surface area contributed by atoms with Crippen LogP contribution in [-0.4, -0.2) is 25.0 Å². The fourth-order valence-corrected chi connectivity index (χ4v) is 5.11. The molecule has 7 heteroatoms. The number of hydrogen-bond acceptors (Lipinski definition) is 5. The molecule has 5 rings (SSSR count). The van der Waals surface area contributed by atoms with E-state index in [1.165, 1.54) is 4.90 Å². The number of fused-ring (bicyclic) bond motifs is 1. The zero-order valence-corrected chi connectivity index (χ0v) is 19.9. The Morgan fingerprint density at radius 2 is 1.67 bits per heavy atom. The molecule has 0 unspecified atom stereocenters. The van der Waals surface area contributed by atoms with Gasteiger partial charge in [-0.1, -0.05) is 43.3 Å². The van der Waals surface area contributed by atoms with Crippen LogP contribution >= 0.6 is 15.9 Å². The molecule has 2 saturated heterocycles. The number of imide groups is 1. The van der Waals surface area contributed by atoms with Crippen LogP contribution in [0.1, 0.15) is 24.1 Å². The zero-order chi connectivity index (χ0) is 23.1. The molecule has 3 aromatic carbocycles. The average molecular weight is 507 g/mol. The number of carbonyl (C=O) groups excluding carboxylic acids is 2. The number of hydrogen-bond donors (Lipinski definition) is 0. The van der Waals surface area contributed by atoms with E-state index in [9.17, 15) is 9.59 Å². The first-order chi connectivity index (χ1) is 16.0. The van der Waals surface area contributed by atoms with E-state index in [0.29, 0.717) is 11.4 Å². The van der Waals surface area contributed by atoms with Gasteiger partial charge in [0.1, 0.15) is 11.7 Å². The minimum absolute atomic E-state index is 0.260. The second-order valence-electron chi connectivity index (χ2n) is 8.08. The first kappa shape index (κ1) is 21.7. The smallest absolute Gasteiger partial charge is 0.266 e. The van der Waals surface area contributed by atoms with Crippen LogP contribution in [0, 0.1) is 5.92 Å². The van der Waals surface area contributed by atoms with Crippen molar-refractivity contribution in [3.8, 4) is 5.75 Å². The molecule has 2 heterocycles. The maximum Gasteiger partial charge on any atom is 0.266 e. The highest BCUT2D eigenvalue weighted by Gasteiger charge is 2.60. The summed E-state index contributed by atoms with van der Waals surface area (Å²) in [5, 5.41) is 1.69. The number of carbonyl (C=O) groups is 2. The van der Waals surface area contributed by atoms with Gasteiger partial charge in [0.15, 0.2) is 6.10 Å². The summed E-state index contributed by atoms with van der Waals surface area (Å²) < 4.78 is 6.14.